The number of carbonyl (C=O) groups is 2. The molecule has 3 rings (SSSR count). The van der Waals surface area contributed by atoms with Crippen molar-refractivity contribution < 1.29 is 14.3 Å². The number of ether oxygens (including phenoxy) is 1. The van der Waals surface area contributed by atoms with Crippen LogP contribution in [0.1, 0.15) is 19.3 Å². The highest BCUT2D eigenvalue weighted by atomic mass is 16.5. The van der Waals surface area contributed by atoms with Crippen molar-refractivity contribution in [2.24, 2.45) is 0 Å². The van der Waals surface area contributed by atoms with E-state index in [1.54, 1.807) is 23.2 Å². The van der Waals surface area contributed by atoms with Crippen LogP contribution in [0.3, 0.4) is 0 Å². The minimum Gasteiger partial charge on any atom is -0.479 e. The molecule has 1 atom stereocenters. The number of imide groups is 1. The van der Waals surface area contributed by atoms with Crippen LogP contribution in [0.15, 0.2) is 18.3 Å². The van der Waals surface area contributed by atoms with Crippen LogP contribution in [0.2, 0.25) is 0 Å². The van der Waals surface area contributed by atoms with Crippen molar-refractivity contribution in [2.75, 3.05) is 18.6 Å². The molecule has 2 fully saturated rings. The molecule has 2 aliphatic rings. The summed E-state index contributed by atoms with van der Waals surface area (Å²) in [5.74, 6) is 0.125. The number of hydrogen-bond donors (Lipinski definition) is 0. The number of amides is 3. The van der Waals surface area contributed by atoms with Gasteiger partial charge in [0.2, 0.25) is 5.88 Å². The van der Waals surface area contributed by atoms with E-state index in [9.17, 15) is 9.59 Å². The summed E-state index contributed by atoms with van der Waals surface area (Å²) in [5.41, 5.74) is 0.425. The lowest BCUT2D eigenvalue weighted by Gasteiger charge is -2.25. The lowest BCUT2D eigenvalue weighted by atomic mass is 10.0. The fraction of sp³-hybridized carbons (Fsp3) is 0.462. The summed E-state index contributed by atoms with van der Waals surface area (Å²) in [6.07, 6.45) is 4.25. The highest BCUT2D eigenvalue weighted by Gasteiger charge is 2.47. The van der Waals surface area contributed by atoms with Gasteiger partial charge in [0.05, 0.1) is 7.11 Å². The zero-order chi connectivity index (χ0) is 13.4. The molecular weight excluding hydrogens is 246 g/mol. The average Bonchev–Trinajstić information content (AvgIpc) is 2.71. The molecular formula is C13H15N3O3. The van der Waals surface area contributed by atoms with Crippen LogP contribution in [0.25, 0.3) is 0 Å². The van der Waals surface area contributed by atoms with Crippen LogP contribution in [-0.4, -0.2) is 41.5 Å². The molecule has 0 spiro atoms. The molecule has 0 aliphatic carbocycles. The SMILES string of the molecule is COc1ncccc1N1C(=O)[C@H]2CCCCN2C1=O. The fourth-order valence-corrected chi connectivity index (χ4v) is 2.72. The molecule has 100 valence electrons. The Balaban J connectivity index is 2.00. The molecule has 3 amide bonds. The average molecular weight is 261 g/mol. The van der Waals surface area contributed by atoms with Gasteiger partial charge in [-0.15, -0.1) is 0 Å². The van der Waals surface area contributed by atoms with Crippen LogP contribution in [-0.2, 0) is 4.79 Å². The Kier molecular flexibility index (Phi) is 2.85. The predicted molar refractivity (Wildman–Crippen MR) is 68.0 cm³/mol. The van der Waals surface area contributed by atoms with Gasteiger partial charge >= 0.3 is 6.03 Å². The van der Waals surface area contributed by atoms with Gasteiger partial charge in [-0.3, -0.25) is 4.79 Å². The molecule has 19 heavy (non-hydrogen) atoms. The summed E-state index contributed by atoms with van der Waals surface area (Å²) >= 11 is 0. The van der Waals surface area contributed by atoms with Gasteiger partial charge in [-0.25, -0.2) is 14.7 Å². The Bertz CT molecular complexity index is 508. The van der Waals surface area contributed by atoms with E-state index in [0.717, 1.165) is 19.3 Å². The third-order valence-electron chi connectivity index (χ3n) is 3.63. The molecule has 2 aliphatic heterocycles. The van der Waals surface area contributed by atoms with Crippen LogP contribution >= 0.6 is 0 Å². The number of piperidine rings is 1. The van der Waals surface area contributed by atoms with Crippen LogP contribution in [0, 0.1) is 0 Å². The summed E-state index contributed by atoms with van der Waals surface area (Å²) in [6, 6.07) is 2.79. The van der Waals surface area contributed by atoms with Crippen molar-refractivity contribution in [2.45, 2.75) is 25.3 Å². The van der Waals surface area contributed by atoms with Crippen LogP contribution < -0.4 is 9.64 Å². The van der Waals surface area contributed by atoms with Crippen LogP contribution in [0.5, 0.6) is 5.88 Å². The highest BCUT2D eigenvalue weighted by molar-refractivity contribution is 6.21. The van der Waals surface area contributed by atoms with Crippen molar-refractivity contribution in [1.82, 2.24) is 9.88 Å². The number of anilines is 1. The maximum absolute atomic E-state index is 12.4. The van der Waals surface area contributed by atoms with Gasteiger partial charge in [-0.2, -0.15) is 0 Å². The number of fused-ring (bicyclic) bond motifs is 1. The number of aromatic nitrogens is 1. The number of pyridine rings is 1. The zero-order valence-electron chi connectivity index (χ0n) is 10.7. The molecule has 6 heteroatoms. The first-order valence-electron chi connectivity index (χ1n) is 6.37. The van der Waals surface area contributed by atoms with E-state index in [2.05, 4.69) is 4.98 Å². The Morgan fingerprint density at radius 2 is 2.21 bits per heavy atom. The number of urea groups is 1. The van der Waals surface area contributed by atoms with E-state index >= 15 is 0 Å². The normalized spacial score (nSPS) is 22.7. The van der Waals surface area contributed by atoms with Crippen molar-refractivity contribution in [3.05, 3.63) is 18.3 Å². The second kappa shape index (κ2) is 4.53. The monoisotopic (exact) mass is 261 g/mol. The number of methoxy groups -OCH3 is 1. The van der Waals surface area contributed by atoms with E-state index in [4.69, 9.17) is 4.74 Å². The van der Waals surface area contributed by atoms with E-state index in [0.29, 0.717) is 18.1 Å². The second-order valence-electron chi connectivity index (χ2n) is 4.69. The molecule has 0 bridgehead atoms. The van der Waals surface area contributed by atoms with E-state index in [1.165, 1.54) is 12.0 Å². The van der Waals surface area contributed by atoms with Crippen molar-refractivity contribution in [1.29, 1.82) is 0 Å². The molecule has 1 aromatic heterocycles. The lowest BCUT2D eigenvalue weighted by molar-refractivity contribution is -0.120. The Hall–Kier alpha value is -2.11. The first-order chi connectivity index (χ1) is 9.24. The lowest BCUT2D eigenvalue weighted by Crippen LogP contribution is -2.39. The minimum absolute atomic E-state index is 0.170. The first-order valence-corrected chi connectivity index (χ1v) is 6.37. The Morgan fingerprint density at radius 1 is 1.37 bits per heavy atom. The van der Waals surface area contributed by atoms with Crippen LogP contribution in [0.4, 0.5) is 10.5 Å². The highest BCUT2D eigenvalue weighted by Crippen LogP contribution is 2.34. The Labute approximate surface area is 111 Å². The first kappa shape index (κ1) is 12.0. The van der Waals surface area contributed by atoms with Crippen molar-refractivity contribution in [3.8, 4) is 5.88 Å². The van der Waals surface area contributed by atoms with Gasteiger partial charge in [-0.1, -0.05) is 0 Å². The van der Waals surface area contributed by atoms with Gasteiger partial charge in [-0.05, 0) is 31.4 Å². The summed E-state index contributed by atoms with van der Waals surface area (Å²) in [5, 5.41) is 0. The smallest absolute Gasteiger partial charge is 0.332 e. The molecule has 6 nitrogen and oxygen atoms in total. The molecule has 3 heterocycles. The molecule has 0 saturated carbocycles. The maximum Gasteiger partial charge on any atom is 0.332 e. The third-order valence-corrected chi connectivity index (χ3v) is 3.63. The number of rotatable bonds is 2. The largest absolute Gasteiger partial charge is 0.479 e. The second-order valence-corrected chi connectivity index (χ2v) is 4.69. The zero-order valence-corrected chi connectivity index (χ0v) is 10.7. The van der Waals surface area contributed by atoms with Gasteiger partial charge in [0.25, 0.3) is 5.91 Å². The maximum atomic E-state index is 12.4. The van der Waals surface area contributed by atoms with Gasteiger partial charge in [0.15, 0.2) is 0 Å². The summed E-state index contributed by atoms with van der Waals surface area (Å²) in [6.45, 7) is 0.647. The number of nitrogens with zero attached hydrogens (tertiary/aromatic N) is 3. The minimum atomic E-state index is -0.314. The van der Waals surface area contributed by atoms with E-state index in [-0.39, 0.29) is 18.0 Å². The predicted octanol–water partition coefficient (Wildman–Crippen LogP) is 1.41. The number of hydrogen-bond acceptors (Lipinski definition) is 4. The van der Waals surface area contributed by atoms with Crippen molar-refractivity contribution in [3.63, 3.8) is 0 Å². The van der Waals surface area contributed by atoms with Crippen molar-refractivity contribution >= 4 is 17.6 Å². The molecule has 0 radical (unpaired) electrons. The quantitative estimate of drug-likeness (QED) is 0.755. The topological polar surface area (TPSA) is 62.7 Å². The molecule has 0 aromatic carbocycles. The van der Waals surface area contributed by atoms with E-state index in [1.807, 2.05) is 0 Å². The van der Waals surface area contributed by atoms with Gasteiger partial charge in [0, 0.05) is 12.7 Å². The Morgan fingerprint density at radius 3 is 2.95 bits per heavy atom. The van der Waals surface area contributed by atoms with E-state index < -0.39 is 0 Å². The number of carbonyl (C=O) groups excluding carboxylic acids is 2. The summed E-state index contributed by atoms with van der Waals surface area (Å²) < 4.78 is 5.13. The molecule has 0 N–H and O–H groups in total. The van der Waals surface area contributed by atoms with Gasteiger partial charge < -0.3 is 9.64 Å². The fourth-order valence-electron chi connectivity index (χ4n) is 2.72. The summed E-state index contributed by atoms with van der Waals surface area (Å²) in [4.78, 5) is 31.7. The molecule has 0 unspecified atom stereocenters. The standard InChI is InChI=1S/C13H15N3O3/c1-19-11-9(6-4-7-14-11)16-12(17)10-5-2-3-8-15(10)13(16)18/h4,6-7,10H,2-3,5,8H2,1H3/t10-/m1/s1. The summed E-state index contributed by atoms with van der Waals surface area (Å²) in [7, 11) is 1.48. The van der Waals surface area contributed by atoms with Gasteiger partial charge in [0.1, 0.15) is 11.7 Å². The molecule has 2 saturated heterocycles. The molecule has 1 aromatic rings. The third kappa shape index (κ3) is 1.75.